The van der Waals surface area contributed by atoms with Crippen molar-refractivity contribution in [2.24, 2.45) is 0 Å². The Morgan fingerprint density at radius 1 is 0.833 bits per heavy atom. The number of halogens is 1. The van der Waals surface area contributed by atoms with Crippen molar-refractivity contribution in [3.8, 4) is 0 Å². The molecule has 124 valence electrons. The van der Waals surface area contributed by atoms with Crippen LogP contribution in [0.4, 0.5) is 0 Å². The molecule has 0 unspecified atom stereocenters. The number of hydrogen-bond acceptors (Lipinski definition) is 3. The molecule has 0 saturated carbocycles. The Bertz CT molecular complexity index is 820. The van der Waals surface area contributed by atoms with Crippen molar-refractivity contribution in [1.29, 1.82) is 0 Å². The Balaban J connectivity index is 1.85. The van der Waals surface area contributed by atoms with Crippen LogP contribution in [0, 0.1) is 0 Å². The van der Waals surface area contributed by atoms with E-state index in [4.69, 9.17) is 0 Å². The third-order valence-corrected chi connectivity index (χ3v) is 6.18. The van der Waals surface area contributed by atoms with Gasteiger partial charge in [0.05, 0.1) is 0 Å². The fraction of sp³-hybridized carbons (Fsp3) is 0.158. The fourth-order valence-electron chi connectivity index (χ4n) is 2.91. The molecule has 0 amide bonds. The third kappa shape index (κ3) is 3.98. The topological polar surface area (TPSA) is 43.7 Å². The van der Waals surface area contributed by atoms with Crippen molar-refractivity contribution in [1.82, 2.24) is 3.11 Å². The van der Waals surface area contributed by atoms with Crippen molar-refractivity contribution < 1.29 is 31.5 Å². The second-order valence-corrected chi connectivity index (χ2v) is 7.99. The second-order valence-electron chi connectivity index (χ2n) is 5.66. The molecule has 0 aliphatic carbocycles. The quantitative estimate of drug-likeness (QED) is 0.231. The van der Waals surface area contributed by atoms with Gasteiger partial charge in [0, 0.05) is 0 Å². The normalized spacial score (nSPS) is 11.3. The van der Waals surface area contributed by atoms with Gasteiger partial charge >= 0.3 is 154 Å². The maximum absolute atomic E-state index is 9.57. The maximum atomic E-state index is 9.57. The molecule has 0 fully saturated rings. The van der Waals surface area contributed by atoms with E-state index in [-0.39, 0.29) is 21.5 Å². The number of nitrogens with zero attached hydrogens (tertiary/aromatic N) is 1. The summed E-state index contributed by atoms with van der Waals surface area (Å²) in [5, 5.41) is 21.7. The summed E-state index contributed by atoms with van der Waals surface area (Å²) in [7, 11) is -1.42. The van der Waals surface area contributed by atoms with Crippen LogP contribution in [0.3, 0.4) is 0 Å². The molecule has 24 heavy (non-hydrogen) atoms. The molecular formula is C19H20BINO2-. The van der Waals surface area contributed by atoms with Crippen LogP contribution in [0.25, 0.3) is 10.8 Å². The van der Waals surface area contributed by atoms with E-state index in [2.05, 4.69) is 50.5 Å². The SMILES string of the molecule is C[I-]N(Cc1ccccc1B(O)O)Cc1cccc2ccccc12. The summed E-state index contributed by atoms with van der Waals surface area (Å²) in [4.78, 5) is 2.24. The van der Waals surface area contributed by atoms with E-state index in [1.54, 1.807) is 6.07 Å². The molecule has 0 saturated heterocycles. The molecule has 0 aromatic heterocycles. The van der Waals surface area contributed by atoms with Crippen LogP contribution in [-0.4, -0.2) is 25.2 Å². The van der Waals surface area contributed by atoms with Crippen LogP contribution >= 0.6 is 0 Å². The van der Waals surface area contributed by atoms with Crippen molar-refractivity contribution in [2.45, 2.75) is 13.1 Å². The predicted molar refractivity (Wildman–Crippen MR) is 95.4 cm³/mol. The van der Waals surface area contributed by atoms with Gasteiger partial charge in [-0.2, -0.15) is 0 Å². The van der Waals surface area contributed by atoms with Crippen molar-refractivity contribution in [3.05, 3.63) is 77.9 Å². The Hall–Kier alpha value is -1.41. The standard InChI is InChI=1S/C19H20BINO2/c1-21-22(14-17-8-3-5-12-19(17)20(23)24)13-16-10-6-9-15-7-2-4-11-18(15)16/h2-12,23-24H,13-14H2,1H3/q-1. The summed E-state index contributed by atoms with van der Waals surface area (Å²) >= 11 is -0.129. The van der Waals surface area contributed by atoms with Crippen LogP contribution < -0.4 is 26.9 Å². The van der Waals surface area contributed by atoms with Crippen LogP contribution in [0.2, 0.25) is 0 Å². The summed E-state index contributed by atoms with van der Waals surface area (Å²) in [6.45, 7) is 1.61. The molecule has 0 heterocycles. The molecule has 0 aliphatic heterocycles. The molecule has 0 radical (unpaired) electrons. The van der Waals surface area contributed by atoms with Crippen LogP contribution in [0.1, 0.15) is 11.1 Å². The Kier molecular flexibility index (Phi) is 5.89. The molecule has 0 aliphatic rings. The van der Waals surface area contributed by atoms with Gasteiger partial charge in [-0.3, -0.25) is 0 Å². The zero-order valence-corrected chi connectivity index (χ0v) is 15.7. The Morgan fingerprint density at radius 2 is 1.46 bits per heavy atom. The van der Waals surface area contributed by atoms with Gasteiger partial charge in [-0.25, -0.2) is 0 Å². The average Bonchev–Trinajstić information content (AvgIpc) is 2.61. The van der Waals surface area contributed by atoms with Crippen LogP contribution in [0.5, 0.6) is 0 Å². The van der Waals surface area contributed by atoms with Gasteiger partial charge in [-0.1, -0.05) is 0 Å². The first kappa shape index (κ1) is 17.4. The molecule has 2 N–H and O–H groups in total. The molecule has 5 heteroatoms. The predicted octanol–water partition coefficient (Wildman–Crippen LogP) is -0.844. The number of benzene rings is 3. The summed E-state index contributed by atoms with van der Waals surface area (Å²) < 4.78 is 2.42. The number of alkyl halides is 1. The van der Waals surface area contributed by atoms with Crippen molar-refractivity contribution >= 4 is 23.4 Å². The van der Waals surface area contributed by atoms with Crippen LogP contribution in [-0.2, 0) is 13.1 Å². The molecular weight excluding hydrogens is 412 g/mol. The van der Waals surface area contributed by atoms with Crippen LogP contribution in [0.15, 0.2) is 66.7 Å². The number of hydrogen-bond donors (Lipinski definition) is 2. The molecule has 3 aromatic carbocycles. The fourth-order valence-corrected chi connectivity index (χ4v) is 4.32. The Morgan fingerprint density at radius 3 is 2.25 bits per heavy atom. The minimum atomic E-state index is -1.42. The van der Waals surface area contributed by atoms with E-state index in [0.717, 1.165) is 18.7 Å². The first-order chi connectivity index (χ1) is 11.7. The average molecular weight is 432 g/mol. The van der Waals surface area contributed by atoms with Gasteiger partial charge in [0.1, 0.15) is 0 Å². The van der Waals surface area contributed by atoms with Gasteiger partial charge in [0.25, 0.3) is 0 Å². The summed E-state index contributed by atoms with van der Waals surface area (Å²) in [5.74, 6) is 0. The molecule has 0 bridgehead atoms. The molecule has 3 nitrogen and oxygen atoms in total. The monoisotopic (exact) mass is 432 g/mol. The summed E-state index contributed by atoms with van der Waals surface area (Å²) in [6.07, 6.45) is 0. The van der Waals surface area contributed by atoms with E-state index >= 15 is 0 Å². The van der Waals surface area contributed by atoms with Gasteiger partial charge < -0.3 is 0 Å². The number of fused-ring (bicyclic) bond motifs is 1. The van der Waals surface area contributed by atoms with Gasteiger partial charge in [0.2, 0.25) is 0 Å². The van der Waals surface area contributed by atoms with Crippen molar-refractivity contribution in [3.63, 3.8) is 0 Å². The van der Waals surface area contributed by atoms with E-state index < -0.39 is 7.12 Å². The summed E-state index contributed by atoms with van der Waals surface area (Å²) in [6, 6.07) is 22.4. The van der Waals surface area contributed by atoms with E-state index in [1.165, 1.54) is 16.3 Å². The van der Waals surface area contributed by atoms with E-state index in [0.29, 0.717) is 5.46 Å². The third-order valence-electron chi connectivity index (χ3n) is 4.14. The first-order valence-electron chi connectivity index (χ1n) is 7.84. The van der Waals surface area contributed by atoms with Gasteiger partial charge in [-0.15, -0.1) is 0 Å². The minimum absolute atomic E-state index is 0.129. The van der Waals surface area contributed by atoms with E-state index in [9.17, 15) is 10.0 Å². The van der Waals surface area contributed by atoms with E-state index in [1.807, 2.05) is 18.2 Å². The van der Waals surface area contributed by atoms with Crippen molar-refractivity contribution in [2.75, 3.05) is 4.93 Å². The van der Waals surface area contributed by atoms with Gasteiger partial charge in [-0.05, 0) is 0 Å². The number of rotatable bonds is 6. The first-order valence-corrected chi connectivity index (χ1v) is 11.0. The molecule has 0 spiro atoms. The second kappa shape index (κ2) is 8.12. The zero-order valence-electron chi connectivity index (χ0n) is 13.6. The molecule has 0 atom stereocenters. The molecule has 3 rings (SSSR count). The Labute approximate surface area is 153 Å². The molecule has 3 aromatic rings. The zero-order chi connectivity index (χ0) is 16.9. The summed E-state index contributed by atoms with van der Waals surface area (Å²) in [5.41, 5.74) is 2.89. The van der Waals surface area contributed by atoms with Gasteiger partial charge in [0.15, 0.2) is 0 Å².